The van der Waals surface area contributed by atoms with Crippen LogP contribution in [-0.4, -0.2) is 68.7 Å². The summed E-state index contributed by atoms with van der Waals surface area (Å²) in [6.07, 6.45) is 3.60. The van der Waals surface area contributed by atoms with Crippen LogP contribution < -0.4 is 0 Å². The molecule has 2 amide bonds. The van der Waals surface area contributed by atoms with Crippen LogP contribution in [0.15, 0.2) is 60.9 Å². The number of fused-ring (bicyclic) bond motifs is 2. The number of piperazine rings is 2. The molecular weight excluding hydrogens is 378 g/mol. The molecular formula is C23H23N5O2. The van der Waals surface area contributed by atoms with Crippen LogP contribution in [-0.2, 0) is 22.7 Å². The van der Waals surface area contributed by atoms with E-state index >= 15 is 0 Å². The topological polar surface area (TPSA) is 69.6 Å². The summed E-state index contributed by atoms with van der Waals surface area (Å²) in [6, 6.07) is 15.4. The third-order valence-corrected chi connectivity index (χ3v) is 5.84. The van der Waals surface area contributed by atoms with Gasteiger partial charge in [-0.25, -0.2) is 0 Å². The minimum Gasteiger partial charge on any atom is -0.327 e. The first-order chi connectivity index (χ1) is 14.7. The molecule has 152 valence electrons. The second-order valence-electron chi connectivity index (χ2n) is 7.89. The highest BCUT2D eigenvalue weighted by Crippen LogP contribution is 2.21. The number of carbonyl (C=O) groups excluding carboxylic acids is 2. The molecule has 7 nitrogen and oxygen atoms in total. The van der Waals surface area contributed by atoms with Gasteiger partial charge in [-0.1, -0.05) is 24.3 Å². The molecule has 30 heavy (non-hydrogen) atoms. The first-order valence-electron chi connectivity index (χ1n) is 10.2. The Kier molecular flexibility index (Phi) is 4.88. The zero-order chi connectivity index (χ0) is 20.5. The van der Waals surface area contributed by atoms with E-state index in [2.05, 4.69) is 27.0 Å². The van der Waals surface area contributed by atoms with E-state index in [1.54, 1.807) is 16.0 Å². The first kappa shape index (κ1) is 18.7. The molecule has 3 aromatic rings. The smallest absolute Gasteiger partial charge is 0.247 e. The summed E-state index contributed by atoms with van der Waals surface area (Å²) in [4.78, 5) is 40.3. The van der Waals surface area contributed by atoms with Crippen molar-refractivity contribution in [3.63, 3.8) is 0 Å². The summed E-state index contributed by atoms with van der Waals surface area (Å²) in [5.41, 5.74) is 2.88. The number of hydrogen-bond acceptors (Lipinski definition) is 5. The summed E-state index contributed by atoms with van der Waals surface area (Å²) in [5, 5.41) is 1.11. The molecule has 2 aromatic heterocycles. The molecule has 0 radical (unpaired) electrons. The van der Waals surface area contributed by atoms with Crippen LogP contribution in [0, 0.1) is 0 Å². The van der Waals surface area contributed by atoms with E-state index in [-0.39, 0.29) is 18.4 Å². The number of hydrogen-bond donors (Lipinski definition) is 0. The van der Waals surface area contributed by atoms with Gasteiger partial charge in [-0.05, 0) is 29.8 Å². The summed E-state index contributed by atoms with van der Waals surface area (Å²) in [7, 11) is 0. The minimum absolute atomic E-state index is 0.00147. The Morgan fingerprint density at radius 1 is 0.967 bits per heavy atom. The van der Waals surface area contributed by atoms with E-state index in [9.17, 15) is 9.59 Å². The van der Waals surface area contributed by atoms with Crippen LogP contribution in [0.1, 0.15) is 11.3 Å². The van der Waals surface area contributed by atoms with Gasteiger partial charge < -0.3 is 9.80 Å². The number of benzene rings is 1. The van der Waals surface area contributed by atoms with Crippen LogP contribution in [0.3, 0.4) is 0 Å². The number of carbonyl (C=O) groups is 2. The third-order valence-electron chi connectivity index (χ3n) is 5.84. The third kappa shape index (κ3) is 3.64. The second-order valence-corrected chi connectivity index (χ2v) is 7.89. The number of para-hydroxylation sites is 1. The molecule has 0 N–H and O–H groups in total. The van der Waals surface area contributed by atoms with Gasteiger partial charge in [0.2, 0.25) is 11.8 Å². The molecule has 0 aliphatic carbocycles. The van der Waals surface area contributed by atoms with Crippen LogP contribution >= 0.6 is 0 Å². The number of pyridine rings is 2. The summed E-state index contributed by atoms with van der Waals surface area (Å²) in [5.74, 6) is 0.0177. The largest absolute Gasteiger partial charge is 0.327 e. The molecule has 1 atom stereocenters. The lowest BCUT2D eigenvalue weighted by Gasteiger charge is -2.46. The zero-order valence-corrected chi connectivity index (χ0v) is 16.6. The van der Waals surface area contributed by atoms with Gasteiger partial charge in [0.1, 0.15) is 12.6 Å². The normalized spacial score (nSPS) is 19.9. The van der Waals surface area contributed by atoms with Crippen molar-refractivity contribution >= 4 is 22.7 Å². The highest BCUT2D eigenvalue weighted by Gasteiger charge is 2.42. The molecule has 1 unspecified atom stereocenters. The van der Waals surface area contributed by atoms with Crippen LogP contribution in [0.2, 0.25) is 0 Å². The Labute approximate surface area is 174 Å². The van der Waals surface area contributed by atoms with Crippen LogP contribution in [0.5, 0.6) is 0 Å². The molecule has 1 aromatic carbocycles. The summed E-state index contributed by atoms with van der Waals surface area (Å²) < 4.78 is 0. The first-order valence-corrected chi connectivity index (χ1v) is 10.2. The molecule has 4 heterocycles. The van der Waals surface area contributed by atoms with Gasteiger partial charge in [0, 0.05) is 44.0 Å². The van der Waals surface area contributed by atoms with E-state index in [0.717, 1.165) is 28.7 Å². The van der Waals surface area contributed by atoms with E-state index in [1.807, 2.05) is 42.6 Å². The molecule has 7 heteroatoms. The van der Waals surface area contributed by atoms with Crippen molar-refractivity contribution in [2.24, 2.45) is 0 Å². The quantitative estimate of drug-likeness (QED) is 0.665. The minimum atomic E-state index is -0.433. The van der Waals surface area contributed by atoms with Gasteiger partial charge in [0.15, 0.2) is 0 Å². The number of rotatable bonds is 4. The fourth-order valence-electron chi connectivity index (χ4n) is 4.32. The van der Waals surface area contributed by atoms with E-state index in [0.29, 0.717) is 26.2 Å². The molecule has 0 bridgehead atoms. The van der Waals surface area contributed by atoms with Gasteiger partial charge in [-0.15, -0.1) is 0 Å². The summed E-state index contributed by atoms with van der Waals surface area (Å²) >= 11 is 0. The SMILES string of the molecule is O=C1C2CN(Cc3cnc4ccccc4c3)CCN2C(=O)CN1Cc1ccccn1. The Morgan fingerprint density at radius 2 is 1.83 bits per heavy atom. The van der Waals surface area contributed by atoms with Crippen molar-refractivity contribution in [2.75, 3.05) is 26.2 Å². The van der Waals surface area contributed by atoms with Crippen molar-refractivity contribution in [3.05, 3.63) is 72.2 Å². The predicted octanol–water partition coefficient (Wildman–Crippen LogP) is 1.69. The lowest BCUT2D eigenvalue weighted by atomic mass is 10.1. The maximum Gasteiger partial charge on any atom is 0.247 e. The van der Waals surface area contributed by atoms with Crippen molar-refractivity contribution in [2.45, 2.75) is 19.1 Å². The predicted molar refractivity (Wildman–Crippen MR) is 112 cm³/mol. The van der Waals surface area contributed by atoms with Gasteiger partial charge in [0.25, 0.3) is 0 Å². The van der Waals surface area contributed by atoms with Gasteiger partial charge in [-0.2, -0.15) is 0 Å². The highest BCUT2D eigenvalue weighted by molar-refractivity contribution is 5.95. The molecule has 0 spiro atoms. The average molecular weight is 401 g/mol. The maximum absolute atomic E-state index is 13.1. The van der Waals surface area contributed by atoms with Crippen molar-refractivity contribution in [1.29, 1.82) is 0 Å². The molecule has 5 rings (SSSR count). The fourth-order valence-corrected chi connectivity index (χ4v) is 4.32. The Hall–Kier alpha value is -3.32. The maximum atomic E-state index is 13.1. The molecule has 0 saturated carbocycles. The van der Waals surface area contributed by atoms with E-state index in [1.165, 1.54) is 0 Å². The lowest BCUT2D eigenvalue weighted by Crippen LogP contribution is -2.66. The van der Waals surface area contributed by atoms with Crippen LogP contribution in [0.25, 0.3) is 10.9 Å². The lowest BCUT2D eigenvalue weighted by molar-refractivity contribution is -0.160. The van der Waals surface area contributed by atoms with Crippen molar-refractivity contribution in [3.8, 4) is 0 Å². The second kappa shape index (κ2) is 7.84. The number of nitrogens with zero attached hydrogens (tertiary/aromatic N) is 5. The zero-order valence-electron chi connectivity index (χ0n) is 16.6. The van der Waals surface area contributed by atoms with Gasteiger partial charge >= 0.3 is 0 Å². The van der Waals surface area contributed by atoms with E-state index in [4.69, 9.17) is 0 Å². The van der Waals surface area contributed by atoms with Gasteiger partial charge in [-0.3, -0.25) is 24.5 Å². The van der Waals surface area contributed by atoms with Crippen LogP contribution in [0.4, 0.5) is 0 Å². The Bertz CT molecular complexity index is 1090. The number of aromatic nitrogens is 2. The van der Waals surface area contributed by atoms with E-state index < -0.39 is 6.04 Å². The fraction of sp³-hybridized carbons (Fsp3) is 0.304. The average Bonchev–Trinajstić information content (AvgIpc) is 2.78. The summed E-state index contributed by atoms with van der Waals surface area (Å²) in [6.45, 7) is 3.07. The van der Waals surface area contributed by atoms with Crippen molar-refractivity contribution < 1.29 is 9.59 Å². The van der Waals surface area contributed by atoms with Gasteiger partial charge in [0.05, 0.1) is 17.8 Å². The number of amides is 2. The standard InChI is InChI=1S/C23H23N5O2/c29-22-16-27(14-19-6-3-4-8-24-19)23(30)21-15-26(9-10-28(21)22)13-17-11-18-5-1-2-7-20(18)25-12-17/h1-8,11-12,21H,9-10,13-16H2. The molecule has 2 fully saturated rings. The monoisotopic (exact) mass is 401 g/mol. The van der Waals surface area contributed by atoms with Crippen molar-refractivity contribution in [1.82, 2.24) is 24.7 Å². The molecule has 2 aliphatic heterocycles. The molecule has 2 saturated heterocycles. The highest BCUT2D eigenvalue weighted by atomic mass is 16.2. The Morgan fingerprint density at radius 3 is 2.70 bits per heavy atom. The molecule has 2 aliphatic rings. The Balaban J connectivity index is 1.30.